The van der Waals surface area contributed by atoms with E-state index in [0.29, 0.717) is 36.1 Å². The van der Waals surface area contributed by atoms with Crippen molar-refractivity contribution in [3.8, 4) is 11.5 Å². The molecular formula is C25H38N2O4S. The topological polar surface area (TPSA) is 67.9 Å². The summed E-state index contributed by atoms with van der Waals surface area (Å²) in [5, 5.41) is 3.19. The van der Waals surface area contributed by atoms with Gasteiger partial charge in [0.1, 0.15) is 6.04 Å². The van der Waals surface area contributed by atoms with Crippen molar-refractivity contribution in [1.82, 2.24) is 10.2 Å². The van der Waals surface area contributed by atoms with Crippen molar-refractivity contribution in [3.63, 3.8) is 0 Å². The van der Waals surface area contributed by atoms with E-state index < -0.39 is 0 Å². The normalized spacial score (nSPS) is 21.6. The number of carbonyl (C=O) groups is 2. The van der Waals surface area contributed by atoms with E-state index in [2.05, 4.69) is 19.2 Å². The summed E-state index contributed by atoms with van der Waals surface area (Å²) in [4.78, 5) is 28.5. The van der Waals surface area contributed by atoms with Crippen LogP contribution >= 0.6 is 11.8 Å². The van der Waals surface area contributed by atoms with Crippen LogP contribution in [0.2, 0.25) is 0 Å². The van der Waals surface area contributed by atoms with Gasteiger partial charge in [-0.3, -0.25) is 9.59 Å². The van der Waals surface area contributed by atoms with Crippen LogP contribution in [0.4, 0.5) is 0 Å². The van der Waals surface area contributed by atoms with Crippen molar-refractivity contribution in [2.75, 3.05) is 26.5 Å². The van der Waals surface area contributed by atoms with Crippen LogP contribution in [0, 0.1) is 11.8 Å². The highest BCUT2D eigenvalue weighted by atomic mass is 32.2. The summed E-state index contributed by atoms with van der Waals surface area (Å²) in [5.41, 5.74) is 1.07. The summed E-state index contributed by atoms with van der Waals surface area (Å²) in [7, 11) is 3.23. The van der Waals surface area contributed by atoms with Crippen molar-refractivity contribution in [2.24, 2.45) is 11.8 Å². The Hall–Kier alpha value is -1.89. The van der Waals surface area contributed by atoms with E-state index in [1.54, 1.807) is 26.0 Å². The van der Waals surface area contributed by atoms with Gasteiger partial charge in [0.25, 0.3) is 0 Å². The van der Waals surface area contributed by atoms with Crippen molar-refractivity contribution in [2.45, 2.75) is 70.2 Å². The Morgan fingerprint density at radius 2 is 1.84 bits per heavy atom. The average Bonchev–Trinajstić information content (AvgIpc) is 3.21. The second kappa shape index (κ2) is 11.8. The molecule has 1 N–H and O–H groups in total. The number of amides is 2. The Bertz CT molecular complexity index is 779. The third-order valence-electron chi connectivity index (χ3n) is 6.44. The van der Waals surface area contributed by atoms with Gasteiger partial charge in [0.2, 0.25) is 11.8 Å². The molecule has 178 valence electrons. The molecule has 1 aliphatic heterocycles. The van der Waals surface area contributed by atoms with Gasteiger partial charge in [0, 0.05) is 18.2 Å². The largest absolute Gasteiger partial charge is 0.493 e. The Balaban J connectivity index is 1.62. The highest BCUT2D eigenvalue weighted by Crippen LogP contribution is 2.37. The Morgan fingerprint density at radius 3 is 2.50 bits per heavy atom. The van der Waals surface area contributed by atoms with E-state index in [0.717, 1.165) is 37.7 Å². The Labute approximate surface area is 196 Å². The molecule has 2 aliphatic rings. The van der Waals surface area contributed by atoms with Crippen LogP contribution in [0.3, 0.4) is 0 Å². The van der Waals surface area contributed by atoms with Gasteiger partial charge in [-0.15, -0.1) is 11.8 Å². The minimum atomic E-state index is -0.372. The molecule has 2 atom stereocenters. The predicted octanol–water partition coefficient (Wildman–Crippen LogP) is 4.26. The summed E-state index contributed by atoms with van der Waals surface area (Å²) >= 11 is 1.76. The molecule has 1 aromatic carbocycles. The minimum Gasteiger partial charge on any atom is -0.493 e. The standard InChI is InChI=1S/C25H38N2O4S/c1-17(2)14-23-27(25(29)19-8-6-5-7-9-19)20(16-32-23)24(28)26-13-12-18-10-11-21(30-3)22(15-18)31-4/h10-11,15,17,19-20,23H,5-9,12-14,16H2,1-4H3,(H,26,28). The van der Waals surface area contributed by atoms with Crippen LogP contribution in [0.15, 0.2) is 18.2 Å². The van der Waals surface area contributed by atoms with E-state index >= 15 is 0 Å². The number of rotatable bonds is 9. The van der Waals surface area contributed by atoms with Crippen LogP contribution in [0.5, 0.6) is 11.5 Å². The number of methoxy groups -OCH3 is 2. The highest BCUT2D eigenvalue weighted by molar-refractivity contribution is 8.00. The summed E-state index contributed by atoms with van der Waals surface area (Å²) < 4.78 is 10.7. The molecule has 0 aromatic heterocycles. The molecule has 32 heavy (non-hydrogen) atoms. The molecular weight excluding hydrogens is 424 g/mol. The smallest absolute Gasteiger partial charge is 0.243 e. The van der Waals surface area contributed by atoms with Crippen LogP contribution in [0.25, 0.3) is 0 Å². The lowest BCUT2D eigenvalue weighted by atomic mass is 9.87. The maximum absolute atomic E-state index is 13.4. The minimum absolute atomic E-state index is 0.0339. The van der Waals surface area contributed by atoms with Crippen molar-refractivity contribution in [1.29, 1.82) is 0 Å². The lowest BCUT2D eigenvalue weighted by Crippen LogP contribution is -2.52. The maximum Gasteiger partial charge on any atom is 0.243 e. The lowest BCUT2D eigenvalue weighted by molar-refractivity contribution is -0.144. The van der Waals surface area contributed by atoms with E-state index in [9.17, 15) is 9.59 Å². The average molecular weight is 463 g/mol. The SMILES string of the molecule is COc1ccc(CCNC(=O)C2CSC(CC(C)C)N2C(=O)C2CCCCC2)cc1OC. The summed E-state index contributed by atoms with van der Waals surface area (Å²) in [6, 6.07) is 5.43. The number of thioether (sulfide) groups is 1. The monoisotopic (exact) mass is 462 g/mol. The molecule has 2 amide bonds. The molecule has 7 heteroatoms. The molecule has 2 unspecified atom stereocenters. The number of benzene rings is 1. The molecule has 0 bridgehead atoms. The van der Waals surface area contributed by atoms with Crippen LogP contribution < -0.4 is 14.8 Å². The zero-order valence-corrected chi connectivity index (χ0v) is 20.7. The number of ether oxygens (including phenoxy) is 2. The number of nitrogens with zero attached hydrogens (tertiary/aromatic N) is 1. The third-order valence-corrected chi connectivity index (χ3v) is 7.75. The highest BCUT2D eigenvalue weighted by Gasteiger charge is 2.43. The molecule has 0 radical (unpaired) electrons. The number of hydrogen-bond donors (Lipinski definition) is 1. The zero-order chi connectivity index (χ0) is 23.1. The molecule has 1 aromatic rings. The van der Waals surface area contributed by atoms with E-state index in [4.69, 9.17) is 9.47 Å². The molecule has 1 saturated carbocycles. The first-order valence-corrected chi connectivity index (χ1v) is 12.9. The van der Waals surface area contributed by atoms with Gasteiger partial charge in [-0.2, -0.15) is 0 Å². The van der Waals surface area contributed by atoms with Gasteiger partial charge >= 0.3 is 0 Å². The van der Waals surface area contributed by atoms with E-state index in [1.807, 2.05) is 23.1 Å². The van der Waals surface area contributed by atoms with Gasteiger partial charge in [-0.05, 0) is 49.3 Å². The van der Waals surface area contributed by atoms with E-state index in [1.165, 1.54) is 6.42 Å². The second-order valence-electron chi connectivity index (χ2n) is 9.24. The molecule has 1 heterocycles. The fraction of sp³-hybridized carbons (Fsp3) is 0.680. The molecule has 1 aliphatic carbocycles. The number of hydrogen-bond acceptors (Lipinski definition) is 5. The van der Waals surface area contributed by atoms with Crippen LogP contribution in [-0.2, 0) is 16.0 Å². The second-order valence-corrected chi connectivity index (χ2v) is 10.5. The van der Waals surface area contributed by atoms with Crippen molar-refractivity contribution in [3.05, 3.63) is 23.8 Å². The fourth-order valence-corrected chi connectivity index (χ4v) is 6.34. The van der Waals surface area contributed by atoms with Gasteiger partial charge in [-0.1, -0.05) is 39.2 Å². The zero-order valence-electron chi connectivity index (χ0n) is 19.9. The van der Waals surface area contributed by atoms with Crippen LogP contribution in [-0.4, -0.2) is 54.6 Å². The summed E-state index contributed by atoms with van der Waals surface area (Å²) in [6.07, 6.45) is 7.00. The summed E-state index contributed by atoms with van der Waals surface area (Å²) in [5.74, 6) is 2.78. The quantitative estimate of drug-likeness (QED) is 0.594. The third kappa shape index (κ3) is 6.12. The molecule has 2 fully saturated rings. The van der Waals surface area contributed by atoms with E-state index in [-0.39, 0.29) is 29.1 Å². The molecule has 0 spiro atoms. The van der Waals surface area contributed by atoms with Gasteiger partial charge in [0.15, 0.2) is 11.5 Å². The maximum atomic E-state index is 13.4. The van der Waals surface area contributed by atoms with Gasteiger partial charge < -0.3 is 19.7 Å². The Morgan fingerprint density at radius 1 is 1.12 bits per heavy atom. The first kappa shape index (κ1) is 24.7. The Kier molecular flexibility index (Phi) is 9.14. The molecule has 3 rings (SSSR count). The van der Waals surface area contributed by atoms with Gasteiger partial charge in [0.05, 0.1) is 19.6 Å². The molecule has 1 saturated heterocycles. The van der Waals surface area contributed by atoms with Crippen LogP contribution in [0.1, 0.15) is 57.9 Å². The van der Waals surface area contributed by atoms with Crippen molar-refractivity contribution >= 4 is 23.6 Å². The summed E-state index contributed by atoms with van der Waals surface area (Å²) in [6.45, 7) is 4.89. The fourth-order valence-electron chi connectivity index (χ4n) is 4.69. The van der Waals surface area contributed by atoms with Gasteiger partial charge in [-0.25, -0.2) is 0 Å². The first-order chi connectivity index (χ1) is 15.4. The lowest BCUT2D eigenvalue weighted by Gasteiger charge is -2.34. The number of carbonyl (C=O) groups excluding carboxylic acids is 2. The van der Waals surface area contributed by atoms with Crippen molar-refractivity contribution < 1.29 is 19.1 Å². The molecule has 6 nitrogen and oxygen atoms in total. The predicted molar refractivity (Wildman–Crippen MR) is 129 cm³/mol. The first-order valence-electron chi connectivity index (χ1n) is 11.9. The number of nitrogens with one attached hydrogen (secondary N) is 1.